The van der Waals surface area contributed by atoms with Gasteiger partial charge in [0.25, 0.3) is 0 Å². The van der Waals surface area contributed by atoms with Gasteiger partial charge in [-0.15, -0.1) is 11.3 Å². The van der Waals surface area contributed by atoms with Crippen LogP contribution in [0.4, 0.5) is 13.2 Å². The van der Waals surface area contributed by atoms with Crippen LogP contribution in [0.3, 0.4) is 0 Å². The summed E-state index contributed by atoms with van der Waals surface area (Å²) in [6.45, 7) is 0.667. The predicted molar refractivity (Wildman–Crippen MR) is 97.8 cm³/mol. The maximum absolute atomic E-state index is 12.8. The van der Waals surface area contributed by atoms with Gasteiger partial charge in [0.2, 0.25) is 5.91 Å². The van der Waals surface area contributed by atoms with Crippen molar-refractivity contribution in [1.29, 1.82) is 0 Å². The van der Waals surface area contributed by atoms with Crippen LogP contribution < -0.4 is 0 Å². The van der Waals surface area contributed by atoms with Gasteiger partial charge < -0.3 is 9.32 Å². The predicted octanol–water partition coefficient (Wildman–Crippen LogP) is 5.60. The van der Waals surface area contributed by atoms with Crippen molar-refractivity contribution < 1.29 is 22.4 Å². The van der Waals surface area contributed by atoms with E-state index >= 15 is 0 Å². The average Bonchev–Trinajstić information content (AvgIpc) is 3.33. The molecule has 1 amide bonds. The maximum atomic E-state index is 12.8. The third-order valence-electron chi connectivity index (χ3n) is 3.80. The average molecular weight is 391 g/mol. The van der Waals surface area contributed by atoms with Gasteiger partial charge in [-0.25, -0.2) is 0 Å². The van der Waals surface area contributed by atoms with E-state index in [0.29, 0.717) is 17.9 Å². The molecule has 0 radical (unpaired) electrons. The molecule has 7 heteroatoms. The van der Waals surface area contributed by atoms with E-state index in [-0.39, 0.29) is 12.5 Å². The Hall–Kier alpha value is -2.80. The summed E-state index contributed by atoms with van der Waals surface area (Å²) < 4.78 is 43.7. The molecule has 0 N–H and O–H groups in total. The van der Waals surface area contributed by atoms with Crippen molar-refractivity contribution >= 4 is 23.3 Å². The lowest BCUT2D eigenvalue weighted by Gasteiger charge is -2.19. The summed E-state index contributed by atoms with van der Waals surface area (Å²) in [7, 11) is 0. The molecule has 140 valence electrons. The maximum Gasteiger partial charge on any atom is 0.416 e. The lowest BCUT2D eigenvalue weighted by atomic mass is 10.1. The van der Waals surface area contributed by atoms with E-state index in [1.165, 1.54) is 41.9 Å². The fourth-order valence-electron chi connectivity index (χ4n) is 2.48. The van der Waals surface area contributed by atoms with E-state index in [9.17, 15) is 18.0 Å². The molecule has 0 aliphatic rings. The Morgan fingerprint density at radius 1 is 1.11 bits per heavy atom. The fraction of sp³-hybridized carbons (Fsp3) is 0.150. The van der Waals surface area contributed by atoms with E-state index < -0.39 is 11.7 Å². The number of nitrogens with zero attached hydrogens (tertiary/aromatic N) is 1. The zero-order valence-corrected chi connectivity index (χ0v) is 15.0. The van der Waals surface area contributed by atoms with Gasteiger partial charge in [0.05, 0.1) is 24.9 Å². The van der Waals surface area contributed by atoms with Crippen molar-refractivity contribution in [3.63, 3.8) is 0 Å². The largest absolute Gasteiger partial charge is 0.467 e. The standard InChI is InChI=1S/C20H16F3NO2S/c21-20(22,23)16-5-1-4-15(12-16)8-9-19(25)24(13-17-6-2-10-26-17)14-18-7-3-11-27-18/h1-12H,13-14H2/b9-8+. The number of alkyl halides is 3. The van der Waals surface area contributed by atoms with Gasteiger partial charge in [-0.3, -0.25) is 4.79 Å². The topological polar surface area (TPSA) is 33.5 Å². The van der Waals surface area contributed by atoms with Gasteiger partial charge >= 0.3 is 6.18 Å². The smallest absolute Gasteiger partial charge is 0.416 e. The van der Waals surface area contributed by atoms with Crippen molar-refractivity contribution in [3.05, 3.63) is 88.0 Å². The van der Waals surface area contributed by atoms with E-state index in [4.69, 9.17) is 4.42 Å². The molecule has 2 aromatic heterocycles. The van der Waals surface area contributed by atoms with Crippen LogP contribution >= 0.6 is 11.3 Å². The Morgan fingerprint density at radius 2 is 1.96 bits per heavy atom. The molecule has 0 saturated heterocycles. The van der Waals surface area contributed by atoms with Crippen LogP contribution in [0.25, 0.3) is 6.08 Å². The molecule has 0 aliphatic carbocycles. The van der Waals surface area contributed by atoms with Gasteiger partial charge in [0, 0.05) is 11.0 Å². The molecule has 0 saturated carbocycles. The van der Waals surface area contributed by atoms with Crippen molar-refractivity contribution in [2.24, 2.45) is 0 Å². The summed E-state index contributed by atoms with van der Waals surface area (Å²) >= 11 is 1.53. The van der Waals surface area contributed by atoms with Crippen LogP contribution in [0.2, 0.25) is 0 Å². The SMILES string of the molecule is O=C(/C=C/c1cccc(C(F)(F)F)c1)N(Cc1ccco1)Cc1cccs1. The minimum atomic E-state index is -4.42. The summed E-state index contributed by atoms with van der Waals surface area (Å²) in [6.07, 6.45) is -0.215. The molecule has 0 spiro atoms. The highest BCUT2D eigenvalue weighted by Crippen LogP contribution is 2.29. The number of thiophene rings is 1. The van der Waals surface area contributed by atoms with Crippen molar-refractivity contribution in [3.8, 4) is 0 Å². The number of amides is 1. The monoisotopic (exact) mass is 391 g/mol. The molecule has 0 unspecified atom stereocenters. The van der Waals surface area contributed by atoms with Crippen LogP contribution in [0.5, 0.6) is 0 Å². The third-order valence-corrected chi connectivity index (χ3v) is 4.66. The van der Waals surface area contributed by atoms with Crippen LogP contribution in [0.15, 0.2) is 70.7 Å². The second kappa shape index (κ2) is 8.26. The van der Waals surface area contributed by atoms with E-state index in [0.717, 1.165) is 17.0 Å². The van der Waals surface area contributed by atoms with Gasteiger partial charge in [-0.05, 0) is 47.4 Å². The number of rotatable bonds is 6. The molecule has 27 heavy (non-hydrogen) atoms. The van der Waals surface area contributed by atoms with Crippen LogP contribution in [-0.2, 0) is 24.1 Å². The lowest BCUT2D eigenvalue weighted by molar-refractivity contribution is -0.137. The molecule has 0 atom stereocenters. The Balaban J connectivity index is 1.76. The molecular formula is C20H16F3NO2S. The minimum absolute atomic E-state index is 0.274. The van der Waals surface area contributed by atoms with Crippen molar-refractivity contribution in [2.45, 2.75) is 19.3 Å². The zero-order valence-electron chi connectivity index (χ0n) is 14.1. The number of hydrogen-bond acceptors (Lipinski definition) is 3. The van der Waals surface area contributed by atoms with Crippen LogP contribution in [0, 0.1) is 0 Å². The molecule has 0 bridgehead atoms. The van der Waals surface area contributed by atoms with Crippen LogP contribution in [0.1, 0.15) is 21.8 Å². The van der Waals surface area contributed by atoms with Crippen molar-refractivity contribution in [2.75, 3.05) is 0 Å². The number of furan rings is 1. The number of carbonyl (C=O) groups excluding carboxylic acids is 1. The third kappa shape index (κ3) is 5.34. The Labute approximate surface area is 158 Å². The molecular weight excluding hydrogens is 375 g/mol. The normalized spacial score (nSPS) is 11.8. The Morgan fingerprint density at radius 3 is 2.63 bits per heavy atom. The molecule has 3 rings (SSSR count). The lowest BCUT2D eigenvalue weighted by Crippen LogP contribution is -2.27. The van der Waals surface area contributed by atoms with Gasteiger partial charge in [-0.2, -0.15) is 13.2 Å². The number of halogens is 3. The van der Waals surface area contributed by atoms with Gasteiger partial charge in [-0.1, -0.05) is 18.2 Å². The first-order chi connectivity index (χ1) is 12.9. The molecule has 0 aliphatic heterocycles. The first-order valence-corrected chi connectivity index (χ1v) is 8.99. The molecule has 3 nitrogen and oxygen atoms in total. The highest BCUT2D eigenvalue weighted by molar-refractivity contribution is 7.09. The van der Waals surface area contributed by atoms with E-state index in [1.54, 1.807) is 17.0 Å². The van der Waals surface area contributed by atoms with Gasteiger partial charge in [0.15, 0.2) is 0 Å². The van der Waals surface area contributed by atoms with E-state index in [1.807, 2.05) is 17.5 Å². The first-order valence-electron chi connectivity index (χ1n) is 8.11. The minimum Gasteiger partial charge on any atom is -0.467 e. The Bertz CT molecular complexity index is 863. The summed E-state index contributed by atoms with van der Waals surface area (Å²) in [5, 5.41) is 1.92. The fourth-order valence-corrected chi connectivity index (χ4v) is 3.20. The summed E-state index contributed by atoms with van der Waals surface area (Å²) in [4.78, 5) is 15.2. The van der Waals surface area contributed by atoms with Gasteiger partial charge in [0.1, 0.15) is 5.76 Å². The number of hydrogen-bond donors (Lipinski definition) is 0. The quantitative estimate of drug-likeness (QED) is 0.512. The Kier molecular flexibility index (Phi) is 5.81. The molecule has 1 aromatic carbocycles. The number of carbonyl (C=O) groups is 1. The zero-order chi connectivity index (χ0) is 19.3. The second-order valence-electron chi connectivity index (χ2n) is 5.81. The summed E-state index contributed by atoms with van der Waals surface area (Å²) in [5.74, 6) is 0.324. The molecule has 0 fully saturated rings. The van der Waals surface area contributed by atoms with Crippen molar-refractivity contribution in [1.82, 2.24) is 4.90 Å². The molecule has 3 aromatic rings. The summed E-state index contributed by atoms with van der Waals surface area (Å²) in [6, 6.07) is 12.2. The highest BCUT2D eigenvalue weighted by Gasteiger charge is 2.30. The first kappa shape index (κ1) is 19.0. The summed E-state index contributed by atoms with van der Waals surface area (Å²) in [5.41, 5.74) is -0.435. The van der Waals surface area contributed by atoms with E-state index in [2.05, 4.69) is 0 Å². The molecule has 2 heterocycles. The van der Waals surface area contributed by atoms with Crippen LogP contribution in [-0.4, -0.2) is 10.8 Å². The number of benzene rings is 1. The second-order valence-corrected chi connectivity index (χ2v) is 6.84. The highest BCUT2D eigenvalue weighted by atomic mass is 32.1.